The summed E-state index contributed by atoms with van der Waals surface area (Å²) >= 11 is 0. The van der Waals surface area contributed by atoms with E-state index in [0.717, 1.165) is 0 Å². The molecule has 0 spiro atoms. The highest BCUT2D eigenvalue weighted by atomic mass is 16.5. The summed E-state index contributed by atoms with van der Waals surface area (Å²) in [6, 6.07) is 0. The van der Waals surface area contributed by atoms with Crippen LogP contribution in [0.1, 0.15) is 18.6 Å². The predicted molar refractivity (Wildman–Crippen MR) is 52.1 cm³/mol. The second-order valence-corrected chi connectivity index (χ2v) is 3.05. The molecule has 6 nitrogen and oxygen atoms in total. The standard InChI is InChI=1S/C9H13N3O3/c1-6(9(13)14)3-4-10-5-8-11-7(2)15-12-8/h3,10H,4-5H2,1-2H3,(H,13,14). The van der Waals surface area contributed by atoms with Gasteiger partial charge in [0.1, 0.15) is 0 Å². The lowest BCUT2D eigenvalue weighted by molar-refractivity contribution is -0.132. The number of carboxylic acids is 1. The van der Waals surface area contributed by atoms with E-state index in [4.69, 9.17) is 9.63 Å². The van der Waals surface area contributed by atoms with Crippen LogP contribution in [-0.2, 0) is 11.3 Å². The molecule has 0 aliphatic heterocycles. The highest BCUT2D eigenvalue weighted by molar-refractivity contribution is 5.85. The zero-order valence-electron chi connectivity index (χ0n) is 8.65. The Morgan fingerprint density at radius 1 is 1.67 bits per heavy atom. The van der Waals surface area contributed by atoms with Gasteiger partial charge in [-0.05, 0) is 6.92 Å². The number of aromatic nitrogens is 2. The molecule has 82 valence electrons. The minimum atomic E-state index is -0.910. The van der Waals surface area contributed by atoms with Gasteiger partial charge in [0.25, 0.3) is 0 Å². The molecule has 0 aliphatic rings. The third-order valence-corrected chi connectivity index (χ3v) is 1.74. The number of hydrogen-bond donors (Lipinski definition) is 2. The third-order valence-electron chi connectivity index (χ3n) is 1.74. The lowest BCUT2D eigenvalue weighted by Gasteiger charge is -1.96. The first kappa shape index (κ1) is 11.4. The van der Waals surface area contributed by atoms with Crippen LogP contribution in [0.25, 0.3) is 0 Å². The van der Waals surface area contributed by atoms with Crippen molar-refractivity contribution < 1.29 is 14.4 Å². The van der Waals surface area contributed by atoms with Crippen LogP contribution in [0, 0.1) is 6.92 Å². The van der Waals surface area contributed by atoms with Crippen molar-refractivity contribution in [2.75, 3.05) is 6.54 Å². The molecule has 1 rings (SSSR count). The normalized spacial score (nSPS) is 11.7. The number of nitrogens with zero attached hydrogens (tertiary/aromatic N) is 2. The summed E-state index contributed by atoms with van der Waals surface area (Å²) < 4.78 is 4.77. The van der Waals surface area contributed by atoms with Gasteiger partial charge in [-0.15, -0.1) is 0 Å². The number of nitrogens with one attached hydrogen (secondary N) is 1. The van der Waals surface area contributed by atoms with Gasteiger partial charge in [-0.3, -0.25) is 0 Å². The van der Waals surface area contributed by atoms with Crippen molar-refractivity contribution in [2.45, 2.75) is 20.4 Å². The van der Waals surface area contributed by atoms with E-state index in [-0.39, 0.29) is 0 Å². The second kappa shape index (κ2) is 5.26. The Labute approximate surface area is 87.0 Å². The van der Waals surface area contributed by atoms with Gasteiger partial charge in [0.05, 0.1) is 6.54 Å². The molecule has 0 aliphatic carbocycles. The molecular formula is C9H13N3O3. The second-order valence-electron chi connectivity index (χ2n) is 3.05. The fourth-order valence-electron chi connectivity index (χ4n) is 0.910. The van der Waals surface area contributed by atoms with E-state index < -0.39 is 5.97 Å². The topological polar surface area (TPSA) is 88.3 Å². The van der Waals surface area contributed by atoms with Gasteiger partial charge in [-0.25, -0.2) is 4.79 Å². The first-order valence-corrected chi connectivity index (χ1v) is 4.49. The van der Waals surface area contributed by atoms with Gasteiger partial charge >= 0.3 is 5.97 Å². The average Bonchev–Trinajstić information content (AvgIpc) is 2.58. The van der Waals surface area contributed by atoms with Crippen LogP contribution in [-0.4, -0.2) is 27.8 Å². The van der Waals surface area contributed by atoms with Gasteiger partial charge in [-0.1, -0.05) is 11.2 Å². The lowest BCUT2D eigenvalue weighted by atomic mass is 10.3. The molecule has 2 N–H and O–H groups in total. The van der Waals surface area contributed by atoms with Gasteiger partial charge < -0.3 is 14.9 Å². The number of rotatable bonds is 5. The maximum atomic E-state index is 10.4. The van der Waals surface area contributed by atoms with E-state index in [9.17, 15) is 4.79 Å². The molecule has 0 unspecified atom stereocenters. The Morgan fingerprint density at radius 2 is 2.40 bits per heavy atom. The van der Waals surface area contributed by atoms with Crippen molar-refractivity contribution in [3.8, 4) is 0 Å². The molecule has 1 aromatic rings. The van der Waals surface area contributed by atoms with Crippen LogP contribution in [0.4, 0.5) is 0 Å². The number of aryl methyl sites for hydroxylation is 1. The highest BCUT2D eigenvalue weighted by Crippen LogP contribution is 1.94. The summed E-state index contributed by atoms with van der Waals surface area (Å²) in [6.45, 7) is 4.18. The van der Waals surface area contributed by atoms with Crippen LogP contribution in [0.5, 0.6) is 0 Å². The molecule has 0 saturated heterocycles. The van der Waals surface area contributed by atoms with E-state index in [0.29, 0.717) is 30.4 Å². The molecule has 0 saturated carbocycles. The van der Waals surface area contributed by atoms with Crippen LogP contribution in [0.2, 0.25) is 0 Å². The van der Waals surface area contributed by atoms with Crippen molar-refractivity contribution in [3.63, 3.8) is 0 Å². The van der Waals surface area contributed by atoms with Crippen LogP contribution < -0.4 is 5.32 Å². The molecule has 0 aromatic carbocycles. The molecular weight excluding hydrogens is 198 g/mol. The van der Waals surface area contributed by atoms with E-state index in [1.807, 2.05) is 0 Å². The summed E-state index contributed by atoms with van der Waals surface area (Å²) in [4.78, 5) is 14.4. The smallest absolute Gasteiger partial charge is 0.330 e. The molecule has 1 aromatic heterocycles. The molecule has 0 atom stereocenters. The van der Waals surface area contributed by atoms with Gasteiger partial charge in [0.2, 0.25) is 5.89 Å². The van der Waals surface area contributed by atoms with Gasteiger partial charge in [-0.2, -0.15) is 4.98 Å². The highest BCUT2D eigenvalue weighted by Gasteiger charge is 2.01. The average molecular weight is 211 g/mol. The molecule has 0 fully saturated rings. The Kier molecular flexibility index (Phi) is 3.99. The quantitative estimate of drug-likeness (QED) is 0.544. The van der Waals surface area contributed by atoms with Gasteiger partial charge in [0.15, 0.2) is 5.82 Å². The summed E-state index contributed by atoms with van der Waals surface area (Å²) in [7, 11) is 0. The molecule has 6 heteroatoms. The summed E-state index contributed by atoms with van der Waals surface area (Å²) in [5.74, 6) is 0.171. The van der Waals surface area contributed by atoms with Gasteiger partial charge in [0, 0.05) is 19.0 Å². The Balaban J connectivity index is 2.28. The number of carboxylic acid groups (broad SMARTS) is 1. The number of hydrogen-bond acceptors (Lipinski definition) is 5. The molecule has 1 heterocycles. The molecule has 15 heavy (non-hydrogen) atoms. The predicted octanol–water partition coefficient (Wildman–Crippen LogP) is 0.499. The Morgan fingerprint density at radius 3 is 2.93 bits per heavy atom. The zero-order valence-corrected chi connectivity index (χ0v) is 8.65. The Hall–Kier alpha value is -1.69. The monoisotopic (exact) mass is 211 g/mol. The van der Waals surface area contributed by atoms with Crippen molar-refractivity contribution >= 4 is 5.97 Å². The van der Waals surface area contributed by atoms with E-state index in [2.05, 4.69) is 15.5 Å². The van der Waals surface area contributed by atoms with Crippen LogP contribution >= 0.6 is 0 Å². The maximum absolute atomic E-state index is 10.4. The number of aliphatic carboxylic acids is 1. The zero-order chi connectivity index (χ0) is 11.3. The lowest BCUT2D eigenvalue weighted by Crippen LogP contribution is -2.15. The molecule has 0 amide bonds. The summed E-state index contributed by atoms with van der Waals surface area (Å²) in [5.41, 5.74) is 0.312. The minimum absolute atomic E-state index is 0.312. The van der Waals surface area contributed by atoms with E-state index in [1.165, 1.54) is 0 Å². The molecule has 0 radical (unpaired) electrons. The number of carbonyl (C=O) groups is 1. The molecule has 0 bridgehead atoms. The SMILES string of the molecule is CC(=CCNCc1noc(C)n1)C(=O)O. The first-order chi connectivity index (χ1) is 7.09. The van der Waals surface area contributed by atoms with Crippen molar-refractivity contribution in [3.05, 3.63) is 23.4 Å². The minimum Gasteiger partial charge on any atom is -0.478 e. The third kappa shape index (κ3) is 3.90. The maximum Gasteiger partial charge on any atom is 0.330 e. The van der Waals surface area contributed by atoms with Crippen LogP contribution in [0.15, 0.2) is 16.2 Å². The van der Waals surface area contributed by atoms with Crippen molar-refractivity contribution in [2.24, 2.45) is 0 Å². The fraction of sp³-hybridized carbons (Fsp3) is 0.444. The fourth-order valence-corrected chi connectivity index (χ4v) is 0.910. The first-order valence-electron chi connectivity index (χ1n) is 4.49. The van der Waals surface area contributed by atoms with Crippen LogP contribution in [0.3, 0.4) is 0 Å². The van der Waals surface area contributed by atoms with E-state index >= 15 is 0 Å². The summed E-state index contributed by atoms with van der Waals surface area (Å²) in [5, 5.41) is 15.2. The summed E-state index contributed by atoms with van der Waals surface area (Å²) in [6.07, 6.45) is 1.59. The van der Waals surface area contributed by atoms with Crippen molar-refractivity contribution in [1.29, 1.82) is 0 Å². The largest absolute Gasteiger partial charge is 0.478 e. The van der Waals surface area contributed by atoms with E-state index in [1.54, 1.807) is 19.9 Å². The Bertz CT molecular complexity index is 370. The van der Waals surface area contributed by atoms with Crippen molar-refractivity contribution in [1.82, 2.24) is 15.5 Å².